The third-order valence-corrected chi connectivity index (χ3v) is 2.56. The first-order chi connectivity index (χ1) is 8.08. The molecule has 0 unspecified atom stereocenters. The molecule has 86 valence electrons. The second-order valence-corrected chi connectivity index (χ2v) is 3.93. The van der Waals surface area contributed by atoms with Gasteiger partial charge in [-0.1, -0.05) is 12.1 Å². The second-order valence-electron chi connectivity index (χ2n) is 3.93. The number of aryl methyl sites for hydroxylation is 2. The molecule has 0 aliphatic carbocycles. The maximum atomic E-state index is 13.0. The molecule has 1 heterocycles. The van der Waals surface area contributed by atoms with E-state index in [1.54, 1.807) is 25.1 Å². The number of nitrogens with zero attached hydrogens (tertiary/aromatic N) is 1. The molecule has 0 atom stereocenters. The number of benzene rings is 1. The quantitative estimate of drug-likeness (QED) is 0.741. The summed E-state index contributed by atoms with van der Waals surface area (Å²) in [6.45, 7) is 3.64. The van der Waals surface area contributed by atoms with Gasteiger partial charge in [-0.2, -0.15) is 0 Å². The van der Waals surface area contributed by atoms with Crippen LogP contribution in [0.4, 0.5) is 4.39 Å². The van der Waals surface area contributed by atoms with Gasteiger partial charge in [0, 0.05) is 22.5 Å². The number of carbonyl (C=O) groups is 1. The summed E-state index contributed by atoms with van der Waals surface area (Å²) in [5.41, 5.74) is 2.39. The van der Waals surface area contributed by atoms with E-state index in [9.17, 15) is 9.18 Å². The minimum Gasteiger partial charge on any atom is -0.289 e. The van der Waals surface area contributed by atoms with E-state index in [-0.39, 0.29) is 5.78 Å². The third-order valence-electron chi connectivity index (χ3n) is 2.56. The smallest absolute Gasteiger partial charge is 0.194 e. The van der Waals surface area contributed by atoms with Crippen molar-refractivity contribution in [3.05, 3.63) is 64.7 Å². The van der Waals surface area contributed by atoms with Gasteiger partial charge < -0.3 is 0 Å². The third kappa shape index (κ3) is 2.38. The maximum Gasteiger partial charge on any atom is 0.194 e. The zero-order chi connectivity index (χ0) is 12.4. The van der Waals surface area contributed by atoms with Crippen molar-refractivity contribution in [3.8, 4) is 0 Å². The molecule has 17 heavy (non-hydrogen) atoms. The normalized spacial score (nSPS) is 10.3. The summed E-state index contributed by atoms with van der Waals surface area (Å²) in [5, 5.41) is 0. The van der Waals surface area contributed by atoms with Gasteiger partial charge in [0.05, 0.1) is 0 Å². The lowest BCUT2D eigenvalue weighted by atomic mass is 10.0. The fraction of sp³-hybridized carbons (Fsp3) is 0.143. The van der Waals surface area contributed by atoms with E-state index in [1.807, 2.05) is 6.92 Å². The van der Waals surface area contributed by atoms with Crippen LogP contribution >= 0.6 is 0 Å². The number of rotatable bonds is 2. The van der Waals surface area contributed by atoms with Crippen molar-refractivity contribution in [2.24, 2.45) is 0 Å². The van der Waals surface area contributed by atoms with Gasteiger partial charge in [0.2, 0.25) is 0 Å². The molecule has 0 N–H and O–H groups in total. The van der Waals surface area contributed by atoms with Crippen molar-refractivity contribution in [1.29, 1.82) is 0 Å². The van der Waals surface area contributed by atoms with E-state index in [2.05, 4.69) is 4.98 Å². The minimum absolute atomic E-state index is 0.200. The molecule has 0 spiro atoms. The van der Waals surface area contributed by atoms with Crippen LogP contribution in [0.15, 0.2) is 36.4 Å². The monoisotopic (exact) mass is 229 g/mol. The fourth-order valence-electron chi connectivity index (χ4n) is 1.71. The van der Waals surface area contributed by atoms with Gasteiger partial charge in [-0.25, -0.2) is 4.39 Å². The Morgan fingerprint density at radius 2 is 1.94 bits per heavy atom. The summed E-state index contributed by atoms with van der Waals surface area (Å²) in [6, 6.07) is 9.19. The molecular weight excluding hydrogens is 217 g/mol. The standard InChI is InChI=1S/C14H12FNO/c1-9-6-7-13(10(2)16-9)14(17)11-4-3-5-12(15)8-11/h3-8H,1-2H3. The number of carbonyl (C=O) groups excluding carboxylic acids is 1. The molecule has 3 heteroatoms. The Hall–Kier alpha value is -2.03. The number of pyridine rings is 1. The highest BCUT2D eigenvalue weighted by Crippen LogP contribution is 2.14. The van der Waals surface area contributed by atoms with E-state index in [0.717, 1.165) is 5.69 Å². The predicted molar refractivity (Wildman–Crippen MR) is 63.5 cm³/mol. The van der Waals surface area contributed by atoms with Crippen LogP contribution in [0.1, 0.15) is 27.3 Å². The van der Waals surface area contributed by atoms with E-state index in [4.69, 9.17) is 0 Å². The topological polar surface area (TPSA) is 30.0 Å². The summed E-state index contributed by atoms with van der Waals surface area (Å²) in [7, 11) is 0. The lowest BCUT2D eigenvalue weighted by Crippen LogP contribution is -2.05. The van der Waals surface area contributed by atoms with Crippen LogP contribution in [-0.4, -0.2) is 10.8 Å². The summed E-state index contributed by atoms with van der Waals surface area (Å²) < 4.78 is 13.0. The Labute approximate surface area is 99.1 Å². The number of hydrogen-bond donors (Lipinski definition) is 0. The van der Waals surface area contributed by atoms with Crippen molar-refractivity contribution in [2.75, 3.05) is 0 Å². The highest BCUT2D eigenvalue weighted by molar-refractivity contribution is 6.09. The maximum absolute atomic E-state index is 13.0. The number of hydrogen-bond acceptors (Lipinski definition) is 2. The lowest BCUT2D eigenvalue weighted by Gasteiger charge is -2.05. The molecule has 0 bridgehead atoms. The van der Waals surface area contributed by atoms with Crippen molar-refractivity contribution >= 4 is 5.78 Å². The fourth-order valence-corrected chi connectivity index (χ4v) is 1.71. The zero-order valence-electron chi connectivity index (χ0n) is 9.70. The van der Waals surface area contributed by atoms with Crippen LogP contribution in [-0.2, 0) is 0 Å². The molecule has 0 aliphatic heterocycles. The second kappa shape index (κ2) is 4.45. The first kappa shape index (κ1) is 11.5. The molecule has 0 radical (unpaired) electrons. The molecule has 2 rings (SSSR count). The van der Waals surface area contributed by atoms with Crippen LogP contribution in [0.3, 0.4) is 0 Å². The van der Waals surface area contributed by atoms with Crippen molar-refractivity contribution in [1.82, 2.24) is 4.98 Å². The Morgan fingerprint density at radius 3 is 2.59 bits per heavy atom. The van der Waals surface area contributed by atoms with Crippen molar-refractivity contribution in [2.45, 2.75) is 13.8 Å². The molecule has 2 aromatic rings. The number of ketones is 1. The van der Waals surface area contributed by atoms with Crippen LogP contribution in [0, 0.1) is 19.7 Å². The Kier molecular flexibility index (Phi) is 3.00. The number of halogens is 1. The van der Waals surface area contributed by atoms with Gasteiger partial charge in [-0.15, -0.1) is 0 Å². The molecule has 1 aromatic carbocycles. The first-order valence-corrected chi connectivity index (χ1v) is 5.32. The molecular formula is C14H12FNO. The summed E-state index contributed by atoms with van der Waals surface area (Å²) >= 11 is 0. The average Bonchev–Trinajstić information content (AvgIpc) is 2.28. The zero-order valence-corrected chi connectivity index (χ0v) is 9.70. The van der Waals surface area contributed by atoms with Crippen molar-refractivity contribution in [3.63, 3.8) is 0 Å². The van der Waals surface area contributed by atoms with Gasteiger partial charge in [0.15, 0.2) is 5.78 Å². The largest absolute Gasteiger partial charge is 0.289 e. The Morgan fingerprint density at radius 1 is 1.18 bits per heavy atom. The Bertz CT molecular complexity index is 578. The van der Waals surface area contributed by atoms with E-state index >= 15 is 0 Å². The molecule has 2 nitrogen and oxygen atoms in total. The highest BCUT2D eigenvalue weighted by Gasteiger charge is 2.12. The van der Waals surface area contributed by atoms with Gasteiger partial charge in [-0.3, -0.25) is 9.78 Å². The molecule has 1 aromatic heterocycles. The van der Waals surface area contributed by atoms with Crippen molar-refractivity contribution < 1.29 is 9.18 Å². The van der Waals surface area contributed by atoms with E-state index in [0.29, 0.717) is 16.8 Å². The predicted octanol–water partition coefficient (Wildman–Crippen LogP) is 3.07. The molecule has 0 saturated carbocycles. The lowest BCUT2D eigenvalue weighted by molar-refractivity contribution is 0.103. The van der Waals surface area contributed by atoms with E-state index < -0.39 is 5.82 Å². The van der Waals surface area contributed by atoms with Gasteiger partial charge in [-0.05, 0) is 38.1 Å². The highest BCUT2D eigenvalue weighted by atomic mass is 19.1. The summed E-state index contributed by atoms with van der Waals surface area (Å²) in [6.07, 6.45) is 0. The van der Waals surface area contributed by atoms with Gasteiger partial charge in [0.25, 0.3) is 0 Å². The van der Waals surface area contributed by atoms with Gasteiger partial charge >= 0.3 is 0 Å². The minimum atomic E-state index is -0.409. The Balaban J connectivity index is 2.44. The molecule has 0 saturated heterocycles. The van der Waals surface area contributed by atoms with Crippen LogP contribution in [0.5, 0.6) is 0 Å². The summed E-state index contributed by atoms with van der Waals surface area (Å²) in [5.74, 6) is -0.608. The first-order valence-electron chi connectivity index (χ1n) is 5.32. The average molecular weight is 229 g/mol. The van der Waals surface area contributed by atoms with E-state index in [1.165, 1.54) is 18.2 Å². The SMILES string of the molecule is Cc1ccc(C(=O)c2cccc(F)c2)c(C)n1. The molecule has 0 fully saturated rings. The van der Waals surface area contributed by atoms with Crippen LogP contribution in [0.25, 0.3) is 0 Å². The van der Waals surface area contributed by atoms with Gasteiger partial charge in [0.1, 0.15) is 5.82 Å². The summed E-state index contributed by atoms with van der Waals surface area (Å²) in [4.78, 5) is 16.4. The number of aromatic nitrogens is 1. The van der Waals surface area contributed by atoms with Crippen LogP contribution in [0.2, 0.25) is 0 Å². The molecule has 0 amide bonds. The van der Waals surface area contributed by atoms with Crippen LogP contribution < -0.4 is 0 Å². The molecule has 0 aliphatic rings.